The van der Waals surface area contributed by atoms with Crippen LogP contribution in [-0.2, 0) is 20.7 Å². The van der Waals surface area contributed by atoms with E-state index >= 15 is 0 Å². The van der Waals surface area contributed by atoms with Gasteiger partial charge >= 0.3 is 6.09 Å². The van der Waals surface area contributed by atoms with Gasteiger partial charge in [-0.05, 0) is 24.1 Å². The van der Waals surface area contributed by atoms with Gasteiger partial charge < -0.3 is 15.0 Å². The predicted octanol–water partition coefficient (Wildman–Crippen LogP) is 1.05. The van der Waals surface area contributed by atoms with Crippen molar-refractivity contribution in [1.29, 1.82) is 0 Å². The van der Waals surface area contributed by atoms with Gasteiger partial charge in [-0.15, -0.1) is 0 Å². The van der Waals surface area contributed by atoms with Crippen LogP contribution in [-0.4, -0.2) is 66.5 Å². The number of hydrogen-bond donors (Lipinski definition) is 1. The van der Waals surface area contributed by atoms with Gasteiger partial charge in [0, 0.05) is 24.5 Å². The van der Waals surface area contributed by atoms with Crippen LogP contribution in [0, 0.1) is 0 Å². The van der Waals surface area contributed by atoms with E-state index in [0.29, 0.717) is 37.7 Å². The van der Waals surface area contributed by atoms with E-state index in [1.807, 2.05) is 24.3 Å². The molecule has 2 saturated heterocycles. The van der Waals surface area contributed by atoms with Crippen molar-refractivity contribution in [2.45, 2.75) is 18.9 Å². The third-order valence-corrected chi connectivity index (χ3v) is 4.55. The topological polar surface area (TPSA) is 79.0 Å². The summed E-state index contributed by atoms with van der Waals surface area (Å²) < 4.78 is 4.79. The zero-order valence-corrected chi connectivity index (χ0v) is 14.5. The number of nitrogens with one attached hydrogen (secondary N) is 1. The monoisotopic (exact) mass is 365 g/mol. The average Bonchev–Trinajstić information content (AvgIpc) is 3.11. The van der Waals surface area contributed by atoms with Gasteiger partial charge in [-0.2, -0.15) is 0 Å². The van der Waals surface area contributed by atoms with Crippen molar-refractivity contribution in [3.8, 4) is 0 Å². The van der Waals surface area contributed by atoms with Gasteiger partial charge in [0.05, 0.1) is 12.6 Å². The van der Waals surface area contributed by atoms with Gasteiger partial charge in [-0.25, -0.2) is 4.79 Å². The number of likely N-dealkylation sites (tertiary alicyclic amines) is 1. The van der Waals surface area contributed by atoms with Crippen LogP contribution >= 0.6 is 11.6 Å². The van der Waals surface area contributed by atoms with E-state index in [1.54, 1.807) is 4.90 Å². The molecule has 1 aromatic rings. The zero-order chi connectivity index (χ0) is 17.8. The van der Waals surface area contributed by atoms with Crippen molar-refractivity contribution in [1.82, 2.24) is 15.1 Å². The highest BCUT2D eigenvalue weighted by atomic mass is 35.5. The third kappa shape index (κ3) is 4.63. The quantitative estimate of drug-likeness (QED) is 0.817. The maximum Gasteiger partial charge on any atom is 0.410 e. The Labute approximate surface area is 150 Å². The van der Waals surface area contributed by atoms with Gasteiger partial charge in [0.25, 0.3) is 0 Å². The SMILES string of the molecule is O=C(CN1CCOC1=O)N[C@@H]1CC(=O)N(CCc2cccc(Cl)c2)C1. The van der Waals surface area contributed by atoms with Crippen LogP contribution in [0.15, 0.2) is 24.3 Å². The molecule has 0 radical (unpaired) electrons. The molecule has 25 heavy (non-hydrogen) atoms. The van der Waals surface area contributed by atoms with Crippen LogP contribution in [0.3, 0.4) is 0 Å². The minimum absolute atomic E-state index is 0.0212. The Balaban J connectivity index is 1.45. The second kappa shape index (κ2) is 7.74. The fourth-order valence-electron chi connectivity index (χ4n) is 3.06. The molecule has 2 aliphatic heterocycles. The molecule has 0 unspecified atom stereocenters. The molecule has 3 rings (SSSR count). The Hall–Kier alpha value is -2.28. The third-order valence-electron chi connectivity index (χ3n) is 4.32. The molecule has 2 fully saturated rings. The molecule has 0 saturated carbocycles. The van der Waals surface area contributed by atoms with Gasteiger partial charge in [0.2, 0.25) is 11.8 Å². The fourth-order valence-corrected chi connectivity index (χ4v) is 3.27. The van der Waals surface area contributed by atoms with Crippen molar-refractivity contribution in [3.05, 3.63) is 34.9 Å². The van der Waals surface area contributed by atoms with Crippen LogP contribution in [0.5, 0.6) is 0 Å². The molecule has 8 heteroatoms. The second-order valence-electron chi connectivity index (χ2n) is 6.22. The molecular weight excluding hydrogens is 346 g/mol. The van der Waals surface area contributed by atoms with Gasteiger partial charge in [-0.3, -0.25) is 14.5 Å². The number of halogens is 1. The zero-order valence-electron chi connectivity index (χ0n) is 13.7. The lowest BCUT2D eigenvalue weighted by molar-refractivity contribution is -0.127. The highest BCUT2D eigenvalue weighted by molar-refractivity contribution is 6.30. The maximum absolute atomic E-state index is 12.1. The molecule has 0 aliphatic carbocycles. The highest BCUT2D eigenvalue weighted by Gasteiger charge is 2.31. The van der Waals surface area contributed by atoms with Crippen molar-refractivity contribution in [3.63, 3.8) is 0 Å². The lowest BCUT2D eigenvalue weighted by atomic mass is 10.1. The van der Waals surface area contributed by atoms with Crippen LogP contribution in [0.2, 0.25) is 5.02 Å². The lowest BCUT2D eigenvalue weighted by Crippen LogP contribution is -2.43. The summed E-state index contributed by atoms with van der Waals surface area (Å²) in [5, 5.41) is 3.50. The summed E-state index contributed by atoms with van der Waals surface area (Å²) in [5.41, 5.74) is 1.07. The molecule has 0 aromatic heterocycles. The van der Waals surface area contributed by atoms with E-state index in [-0.39, 0.29) is 30.8 Å². The van der Waals surface area contributed by atoms with Crippen molar-refractivity contribution in [2.75, 3.05) is 32.8 Å². The molecule has 134 valence electrons. The second-order valence-corrected chi connectivity index (χ2v) is 6.66. The first-order valence-corrected chi connectivity index (χ1v) is 8.62. The number of carbonyl (C=O) groups excluding carboxylic acids is 3. The molecular formula is C17H20ClN3O4. The standard InChI is InChI=1S/C17H20ClN3O4/c18-13-3-1-2-12(8-13)4-5-20-10-14(9-16(20)23)19-15(22)11-21-6-7-25-17(21)24/h1-3,8,14H,4-7,9-11H2,(H,19,22)/t14-/m1/s1. The minimum atomic E-state index is -0.471. The summed E-state index contributed by atoms with van der Waals surface area (Å²) in [6.45, 7) is 1.76. The van der Waals surface area contributed by atoms with E-state index in [0.717, 1.165) is 5.56 Å². The summed E-state index contributed by atoms with van der Waals surface area (Å²) in [6, 6.07) is 7.33. The number of rotatable bonds is 6. The van der Waals surface area contributed by atoms with Crippen molar-refractivity contribution < 1.29 is 19.1 Å². The smallest absolute Gasteiger partial charge is 0.410 e. The Kier molecular flexibility index (Phi) is 5.43. The number of nitrogens with zero attached hydrogens (tertiary/aromatic N) is 2. The Morgan fingerprint density at radius 1 is 1.32 bits per heavy atom. The summed E-state index contributed by atoms with van der Waals surface area (Å²) in [6.07, 6.45) is 0.527. The molecule has 3 amide bonds. The molecule has 1 aromatic carbocycles. The molecule has 2 heterocycles. The van der Waals surface area contributed by atoms with E-state index < -0.39 is 6.09 Å². The summed E-state index contributed by atoms with van der Waals surface area (Å²) in [7, 11) is 0. The van der Waals surface area contributed by atoms with E-state index in [1.165, 1.54) is 4.90 Å². The van der Waals surface area contributed by atoms with Crippen molar-refractivity contribution in [2.24, 2.45) is 0 Å². The number of hydrogen-bond acceptors (Lipinski definition) is 4. The van der Waals surface area contributed by atoms with E-state index in [2.05, 4.69) is 5.32 Å². The summed E-state index contributed by atoms with van der Waals surface area (Å²) in [4.78, 5) is 38.6. The normalized spacial score (nSPS) is 20.1. The van der Waals surface area contributed by atoms with E-state index in [4.69, 9.17) is 16.3 Å². The Bertz CT molecular complexity index is 682. The fraction of sp³-hybridized carbons (Fsp3) is 0.471. The minimum Gasteiger partial charge on any atom is -0.448 e. The first-order valence-electron chi connectivity index (χ1n) is 8.24. The number of benzene rings is 1. The molecule has 2 aliphatic rings. The molecule has 1 N–H and O–H groups in total. The lowest BCUT2D eigenvalue weighted by Gasteiger charge is -2.18. The molecule has 0 spiro atoms. The molecule has 1 atom stereocenters. The first kappa shape index (κ1) is 17.5. The summed E-state index contributed by atoms with van der Waals surface area (Å²) >= 11 is 5.96. The van der Waals surface area contributed by atoms with Gasteiger partial charge in [0.15, 0.2) is 0 Å². The Morgan fingerprint density at radius 3 is 2.88 bits per heavy atom. The maximum atomic E-state index is 12.1. The highest BCUT2D eigenvalue weighted by Crippen LogP contribution is 2.15. The molecule has 7 nitrogen and oxygen atoms in total. The van der Waals surface area contributed by atoms with Crippen molar-refractivity contribution >= 4 is 29.5 Å². The van der Waals surface area contributed by atoms with Crippen LogP contribution < -0.4 is 5.32 Å². The number of ether oxygens (including phenoxy) is 1. The number of amides is 3. The molecule has 0 bridgehead atoms. The van der Waals surface area contributed by atoms with Gasteiger partial charge in [0.1, 0.15) is 13.2 Å². The largest absolute Gasteiger partial charge is 0.448 e. The predicted molar refractivity (Wildman–Crippen MR) is 91.2 cm³/mol. The van der Waals surface area contributed by atoms with Gasteiger partial charge in [-0.1, -0.05) is 23.7 Å². The van der Waals surface area contributed by atoms with Crippen LogP contribution in [0.25, 0.3) is 0 Å². The average molecular weight is 366 g/mol. The van der Waals surface area contributed by atoms with Crippen LogP contribution in [0.1, 0.15) is 12.0 Å². The van der Waals surface area contributed by atoms with Crippen LogP contribution in [0.4, 0.5) is 4.79 Å². The number of carbonyl (C=O) groups is 3. The van der Waals surface area contributed by atoms with E-state index in [9.17, 15) is 14.4 Å². The first-order chi connectivity index (χ1) is 12.0. The Morgan fingerprint density at radius 2 is 2.16 bits per heavy atom. The number of cyclic esters (lactones) is 1. The summed E-state index contributed by atoms with van der Waals surface area (Å²) in [5.74, 6) is -0.249.